The van der Waals surface area contributed by atoms with Crippen molar-refractivity contribution in [3.63, 3.8) is 0 Å². The van der Waals surface area contributed by atoms with Crippen LogP contribution in [0.5, 0.6) is 5.75 Å². The summed E-state index contributed by atoms with van der Waals surface area (Å²) in [6, 6.07) is 5.09. The van der Waals surface area contributed by atoms with Crippen LogP contribution < -0.4 is 10.4 Å². The number of carbonyl (C=O) groups is 2. The summed E-state index contributed by atoms with van der Waals surface area (Å²) in [5, 5.41) is 11.8. The number of ether oxygens (including phenoxy) is 3. The minimum Gasteiger partial charge on any atom is -0.482 e. The van der Waals surface area contributed by atoms with Gasteiger partial charge < -0.3 is 23.7 Å². The normalized spacial score (nSPS) is 36.3. The monoisotopic (exact) mass is 511 g/mol. The van der Waals surface area contributed by atoms with E-state index in [2.05, 4.69) is 11.9 Å². The van der Waals surface area contributed by atoms with Crippen molar-refractivity contribution < 1.29 is 33.3 Å². The van der Waals surface area contributed by atoms with Crippen molar-refractivity contribution in [2.45, 2.75) is 77.8 Å². The maximum Gasteiger partial charge on any atom is 0.345 e. The lowest BCUT2D eigenvalue weighted by Gasteiger charge is -2.64. The Kier molecular flexibility index (Phi) is 6.17. The third-order valence-electron chi connectivity index (χ3n) is 8.93. The Labute approximate surface area is 215 Å². The van der Waals surface area contributed by atoms with Gasteiger partial charge in [0.2, 0.25) is 0 Å². The molecule has 0 spiro atoms. The average Bonchev–Trinajstić information content (AvgIpc) is 2.82. The second-order valence-electron chi connectivity index (χ2n) is 11.1. The summed E-state index contributed by atoms with van der Waals surface area (Å²) < 4.78 is 23.7. The first-order valence-electron chi connectivity index (χ1n) is 12.8. The van der Waals surface area contributed by atoms with Gasteiger partial charge in [0.1, 0.15) is 34.9 Å². The fraction of sp³-hybridized carbons (Fsp3) is 0.571. The zero-order valence-corrected chi connectivity index (χ0v) is 21.7. The van der Waals surface area contributed by atoms with E-state index >= 15 is 0 Å². The first-order chi connectivity index (χ1) is 17.5. The number of aliphatic hydroxyl groups is 1. The Morgan fingerprint density at radius 2 is 1.92 bits per heavy atom. The number of nitrogens with zero attached hydrogens (tertiary/aromatic N) is 1. The molecule has 2 aromatic rings. The van der Waals surface area contributed by atoms with E-state index in [0.29, 0.717) is 24.8 Å². The summed E-state index contributed by atoms with van der Waals surface area (Å²) >= 11 is 0. The van der Waals surface area contributed by atoms with Crippen LogP contribution in [0.25, 0.3) is 11.3 Å². The average molecular weight is 512 g/mol. The number of aromatic nitrogens is 1. The number of aliphatic hydroxyl groups excluding tert-OH is 1. The lowest BCUT2D eigenvalue weighted by atomic mass is 9.46. The number of pyridine rings is 1. The van der Waals surface area contributed by atoms with Gasteiger partial charge in [-0.1, -0.05) is 13.8 Å². The van der Waals surface area contributed by atoms with Crippen LogP contribution in [0.1, 0.15) is 65.5 Å². The Morgan fingerprint density at radius 1 is 1.19 bits per heavy atom. The smallest absolute Gasteiger partial charge is 0.345 e. The van der Waals surface area contributed by atoms with Crippen molar-refractivity contribution in [1.29, 1.82) is 0 Å². The van der Waals surface area contributed by atoms with Gasteiger partial charge in [0.05, 0.1) is 6.10 Å². The third-order valence-corrected chi connectivity index (χ3v) is 8.93. The quantitative estimate of drug-likeness (QED) is 0.612. The Bertz CT molecular complexity index is 1270. The van der Waals surface area contributed by atoms with Gasteiger partial charge in [-0.05, 0) is 55.6 Å². The van der Waals surface area contributed by atoms with Crippen molar-refractivity contribution in [3.8, 4) is 17.1 Å². The molecule has 8 atom stereocenters. The van der Waals surface area contributed by atoms with Gasteiger partial charge in [-0.15, -0.1) is 0 Å². The summed E-state index contributed by atoms with van der Waals surface area (Å²) in [5.74, 6) is -1.01. The van der Waals surface area contributed by atoms with Gasteiger partial charge in [-0.3, -0.25) is 14.6 Å². The van der Waals surface area contributed by atoms with Gasteiger partial charge in [0.25, 0.3) is 0 Å². The zero-order chi connectivity index (χ0) is 26.7. The molecular weight excluding hydrogens is 478 g/mol. The maximum atomic E-state index is 13.2. The summed E-state index contributed by atoms with van der Waals surface area (Å²) in [6.07, 6.45) is 2.74. The summed E-state index contributed by atoms with van der Waals surface area (Å²) in [4.78, 5) is 41.3. The van der Waals surface area contributed by atoms with E-state index in [1.165, 1.54) is 13.8 Å². The molecule has 0 amide bonds. The molecule has 0 radical (unpaired) electrons. The number of carbonyl (C=O) groups excluding carboxylic acids is 2. The topological polar surface area (TPSA) is 125 Å². The molecule has 9 nitrogen and oxygen atoms in total. The van der Waals surface area contributed by atoms with Gasteiger partial charge in [-0.25, -0.2) is 4.79 Å². The van der Waals surface area contributed by atoms with Gasteiger partial charge in [0.15, 0.2) is 0 Å². The second-order valence-corrected chi connectivity index (χ2v) is 11.1. The molecule has 0 saturated heterocycles. The molecule has 2 fully saturated rings. The molecular formula is C28H33NO8. The lowest BCUT2D eigenvalue weighted by molar-refractivity contribution is -0.250. The van der Waals surface area contributed by atoms with Crippen molar-refractivity contribution >= 4 is 11.9 Å². The molecule has 2 saturated carbocycles. The lowest BCUT2D eigenvalue weighted by Crippen LogP contribution is -2.69. The molecule has 198 valence electrons. The highest BCUT2D eigenvalue weighted by molar-refractivity contribution is 5.67. The molecule has 2 aliphatic carbocycles. The van der Waals surface area contributed by atoms with Gasteiger partial charge in [0, 0.05) is 43.8 Å². The van der Waals surface area contributed by atoms with Crippen molar-refractivity contribution in [2.75, 3.05) is 0 Å². The number of esters is 2. The standard InChI is InChI=1S/C28H33NO8/c1-14-18-11-22(35-16(3)31)28(5)25(27(18,4)9-8-19(14)34-15(2)30)24(32)23-21(37-28)12-20(36-26(23)33)17-7-6-10-29-13-17/h6-7,10,12-14,18-19,22,24-25,32H,8-9,11H2,1-5H3. The number of rotatable bonds is 3. The summed E-state index contributed by atoms with van der Waals surface area (Å²) in [6.45, 7) is 8.71. The molecule has 5 rings (SSSR count). The predicted octanol–water partition coefficient (Wildman–Crippen LogP) is 3.82. The van der Waals surface area contributed by atoms with Crippen molar-refractivity contribution in [2.24, 2.45) is 23.2 Å². The fourth-order valence-corrected chi connectivity index (χ4v) is 7.39. The van der Waals surface area contributed by atoms with Crippen molar-refractivity contribution in [3.05, 3.63) is 46.6 Å². The molecule has 8 unspecified atom stereocenters. The van der Waals surface area contributed by atoms with Crippen LogP contribution in [0, 0.1) is 23.2 Å². The van der Waals surface area contributed by atoms with Crippen LogP contribution in [0.3, 0.4) is 0 Å². The highest BCUT2D eigenvalue weighted by Gasteiger charge is 2.67. The molecule has 0 bridgehead atoms. The van der Waals surface area contributed by atoms with Crippen LogP contribution in [0.15, 0.2) is 39.8 Å². The number of hydrogen-bond donors (Lipinski definition) is 1. The molecule has 9 heteroatoms. The van der Waals surface area contributed by atoms with E-state index in [4.69, 9.17) is 18.6 Å². The minimum absolute atomic E-state index is 0.0526. The van der Waals surface area contributed by atoms with E-state index < -0.39 is 40.7 Å². The Balaban J connectivity index is 1.63. The number of fused-ring (bicyclic) bond motifs is 4. The highest BCUT2D eigenvalue weighted by Crippen LogP contribution is 2.64. The van der Waals surface area contributed by atoms with Crippen molar-refractivity contribution in [1.82, 2.24) is 4.98 Å². The Morgan fingerprint density at radius 3 is 2.57 bits per heavy atom. The van der Waals surface area contributed by atoms with Gasteiger partial charge in [-0.2, -0.15) is 0 Å². The van der Waals surface area contributed by atoms with E-state index in [1.54, 1.807) is 30.6 Å². The van der Waals surface area contributed by atoms with E-state index in [0.717, 1.165) is 0 Å². The molecule has 1 aliphatic heterocycles. The molecule has 3 heterocycles. The second kappa shape index (κ2) is 8.97. The van der Waals surface area contributed by atoms with Crippen LogP contribution in [0.2, 0.25) is 0 Å². The summed E-state index contributed by atoms with van der Waals surface area (Å²) in [5.41, 5.74) is -1.63. The van der Waals surface area contributed by atoms with E-state index in [9.17, 15) is 19.5 Å². The first kappa shape index (κ1) is 25.4. The minimum atomic E-state index is -1.21. The first-order valence-corrected chi connectivity index (χ1v) is 12.8. The SMILES string of the molecule is CC(=O)OC1CCC2(C)C(CC(OC(C)=O)C3(C)Oc4cc(-c5cccnc5)oc(=O)c4C(O)C23)C1C. The molecule has 1 N–H and O–H groups in total. The molecule has 2 aromatic heterocycles. The zero-order valence-electron chi connectivity index (χ0n) is 21.7. The third kappa shape index (κ3) is 4.04. The largest absolute Gasteiger partial charge is 0.482 e. The molecule has 0 aromatic carbocycles. The van der Waals surface area contributed by atoms with Gasteiger partial charge >= 0.3 is 17.6 Å². The predicted molar refractivity (Wildman–Crippen MR) is 131 cm³/mol. The van der Waals surface area contributed by atoms with E-state index in [1.807, 2.05) is 13.8 Å². The highest BCUT2D eigenvalue weighted by atomic mass is 16.6. The molecule has 3 aliphatic rings. The maximum absolute atomic E-state index is 13.2. The Hall–Kier alpha value is -3.20. The summed E-state index contributed by atoms with van der Waals surface area (Å²) in [7, 11) is 0. The fourth-order valence-electron chi connectivity index (χ4n) is 7.39. The number of hydrogen-bond acceptors (Lipinski definition) is 9. The van der Waals surface area contributed by atoms with Crippen LogP contribution in [0.4, 0.5) is 0 Å². The van der Waals surface area contributed by atoms with Crippen LogP contribution in [-0.2, 0) is 19.1 Å². The molecule has 37 heavy (non-hydrogen) atoms. The van der Waals surface area contributed by atoms with Crippen LogP contribution in [-0.4, -0.2) is 39.8 Å². The van der Waals surface area contributed by atoms with Crippen LogP contribution >= 0.6 is 0 Å². The van der Waals surface area contributed by atoms with E-state index in [-0.39, 0.29) is 41.0 Å².